The van der Waals surface area contributed by atoms with Crippen LogP contribution in [0.3, 0.4) is 0 Å². The van der Waals surface area contributed by atoms with Crippen LogP contribution < -0.4 is 5.43 Å². The second-order valence-electron chi connectivity index (χ2n) is 3.60. The molecule has 0 atom stereocenters. The molecule has 72 valence electrons. The van der Waals surface area contributed by atoms with Gasteiger partial charge in [0, 0.05) is 18.9 Å². The highest BCUT2D eigenvalue weighted by molar-refractivity contribution is 14.1. The van der Waals surface area contributed by atoms with Gasteiger partial charge >= 0.3 is 0 Å². The minimum atomic E-state index is -0.153. The van der Waals surface area contributed by atoms with Crippen LogP contribution >= 0.6 is 22.6 Å². The Morgan fingerprint density at radius 1 is 1.57 bits per heavy atom. The molecule has 14 heavy (non-hydrogen) atoms. The van der Waals surface area contributed by atoms with Crippen molar-refractivity contribution in [2.45, 2.75) is 19.4 Å². The number of pyridine rings is 1. The van der Waals surface area contributed by atoms with Crippen LogP contribution in [0.2, 0.25) is 0 Å². The first kappa shape index (κ1) is 9.71. The van der Waals surface area contributed by atoms with E-state index in [0.717, 1.165) is 12.5 Å². The minimum absolute atomic E-state index is 0.153. The van der Waals surface area contributed by atoms with Gasteiger partial charge in [0.05, 0.1) is 3.57 Å². The van der Waals surface area contributed by atoms with Crippen LogP contribution in [0, 0.1) is 20.8 Å². The molecule has 0 radical (unpaired) electrons. The molecule has 0 spiro atoms. The summed E-state index contributed by atoms with van der Waals surface area (Å²) in [6.07, 6.45) is 6.01. The zero-order valence-corrected chi connectivity index (χ0v) is 9.69. The Kier molecular flexibility index (Phi) is 2.59. The first-order valence-corrected chi connectivity index (χ1v) is 5.58. The molecule has 0 saturated heterocycles. The highest BCUT2D eigenvalue weighted by Crippen LogP contribution is 2.30. The van der Waals surface area contributed by atoms with Gasteiger partial charge in [-0.3, -0.25) is 4.79 Å². The van der Waals surface area contributed by atoms with Crippen molar-refractivity contribution in [3.8, 4) is 6.07 Å². The van der Waals surface area contributed by atoms with Gasteiger partial charge < -0.3 is 4.57 Å². The average molecular weight is 300 g/mol. The summed E-state index contributed by atoms with van der Waals surface area (Å²) in [5.41, 5.74) is 0.0951. The van der Waals surface area contributed by atoms with E-state index < -0.39 is 0 Å². The molecule has 0 N–H and O–H groups in total. The number of aromatic nitrogens is 1. The van der Waals surface area contributed by atoms with Gasteiger partial charge in [0.2, 0.25) is 5.43 Å². The predicted molar refractivity (Wildman–Crippen MR) is 60.9 cm³/mol. The summed E-state index contributed by atoms with van der Waals surface area (Å²) < 4.78 is 2.58. The SMILES string of the molecule is N#Cc1cn(CC2CC2)cc(I)c1=O. The smallest absolute Gasteiger partial charge is 0.212 e. The van der Waals surface area contributed by atoms with Crippen LogP contribution in [0.4, 0.5) is 0 Å². The fourth-order valence-electron chi connectivity index (χ4n) is 1.38. The standard InChI is InChI=1S/C10H9IN2O/c11-9-6-13(4-7-1-2-7)5-8(3-12)10(9)14/h5-7H,1-2,4H2. The monoisotopic (exact) mass is 300 g/mol. The van der Waals surface area contributed by atoms with Gasteiger partial charge in [-0.2, -0.15) is 5.26 Å². The molecule has 3 nitrogen and oxygen atoms in total. The van der Waals surface area contributed by atoms with Crippen LogP contribution in [0.25, 0.3) is 0 Å². The zero-order chi connectivity index (χ0) is 10.1. The van der Waals surface area contributed by atoms with Crippen LogP contribution in [0.15, 0.2) is 17.2 Å². The lowest BCUT2D eigenvalue weighted by Gasteiger charge is -2.05. The van der Waals surface area contributed by atoms with Crippen molar-refractivity contribution in [2.24, 2.45) is 5.92 Å². The second kappa shape index (κ2) is 3.73. The zero-order valence-electron chi connectivity index (χ0n) is 7.53. The van der Waals surface area contributed by atoms with Crippen molar-refractivity contribution in [3.63, 3.8) is 0 Å². The molecule has 1 saturated carbocycles. The molecule has 0 aliphatic heterocycles. The van der Waals surface area contributed by atoms with Crippen molar-refractivity contribution >= 4 is 22.6 Å². The quantitative estimate of drug-likeness (QED) is 0.781. The topological polar surface area (TPSA) is 45.8 Å². The van der Waals surface area contributed by atoms with Crippen molar-refractivity contribution in [1.29, 1.82) is 5.26 Å². The molecule has 1 fully saturated rings. The van der Waals surface area contributed by atoms with Gasteiger partial charge in [-0.25, -0.2) is 0 Å². The summed E-state index contributed by atoms with van der Waals surface area (Å²) in [7, 11) is 0. The molecule has 2 rings (SSSR count). The Hall–Kier alpha value is -0.830. The Morgan fingerprint density at radius 2 is 2.29 bits per heavy atom. The molecular formula is C10H9IN2O. The molecular weight excluding hydrogens is 291 g/mol. The van der Waals surface area contributed by atoms with Gasteiger partial charge in [0.25, 0.3) is 0 Å². The molecule has 0 bridgehead atoms. The van der Waals surface area contributed by atoms with Crippen LogP contribution in [0.5, 0.6) is 0 Å². The normalized spacial score (nSPS) is 15.1. The summed E-state index contributed by atoms with van der Waals surface area (Å²) >= 11 is 1.98. The van der Waals surface area contributed by atoms with Gasteiger partial charge in [0.1, 0.15) is 11.6 Å². The van der Waals surface area contributed by atoms with E-state index >= 15 is 0 Å². The van der Waals surface area contributed by atoms with E-state index in [2.05, 4.69) is 0 Å². The maximum absolute atomic E-state index is 11.4. The van der Waals surface area contributed by atoms with E-state index in [1.807, 2.05) is 39.4 Å². The number of nitrogens with zero attached hydrogens (tertiary/aromatic N) is 2. The summed E-state index contributed by atoms with van der Waals surface area (Å²) in [6.45, 7) is 0.935. The van der Waals surface area contributed by atoms with E-state index in [1.165, 1.54) is 12.8 Å². The molecule has 1 aliphatic carbocycles. The van der Waals surface area contributed by atoms with Gasteiger partial charge in [0.15, 0.2) is 0 Å². The van der Waals surface area contributed by atoms with Crippen molar-refractivity contribution in [1.82, 2.24) is 4.57 Å². The third kappa shape index (κ3) is 1.98. The van der Waals surface area contributed by atoms with E-state index in [-0.39, 0.29) is 11.0 Å². The van der Waals surface area contributed by atoms with E-state index in [4.69, 9.17) is 5.26 Å². The number of halogens is 1. The van der Waals surface area contributed by atoms with Crippen molar-refractivity contribution < 1.29 is 0 Å². The Bertz CT molecular complexity index is 454. The highest BCUT2D eigenvalue weighted by atomic mass is 127. The lowest BCUT2D eigenvalue weighted by Crippen LogP contribution is -2.14. The maximum Gasteiger partial charge on any atom is 0.212 e. The third-order valence-corrected chi connectivity index (χ3v) is 3.09. The third-order valence-electron chi connectivity index (χ3n) is 2.32. The fourth-order valence-corrected chi connectivity index (χ4v) is 2.03. The number of hydrogen-bond acceptors (Lipinski definition) is 2. The fraction of sp³-hybridized carbons (Fsp3) is 0.400. The molecule has 0 unspecified atom stereocenters. The van der Waals surface area contributed by atoms with E-state index in [0.29, 0.717) is 3.57 Å². The highest BCUT2D eigenvalue weighted by Gasteiger charge is 2.21. The summed E-state index contributed by atoms with van der Waals surface area (Å²) in [5.74, 6) is 0.750. The molecule has 1 heterocycles. The predicted octanol–water partition coefficient (Wildman–Crippen LogP) is 1.73. The average Bonchev–Trinajstić information content (AvgIpc) is 2.95. The van der Waals surface area contributed by atoms with Crippen molar-refractivity contribution in [2.75, 3.05) is 0 Å². The van der Waals surface area contributed by atoms with Crippen molar-refractivity contribution in [3.05, 3.63) is 31.8 Å². The Labute approximate surface area is 95.5 Å². The molecule has 1 aromatic heterocycles. The van der Waals surface area contributed by atoms with Crippen LogP contribution in [-0.2, 0) is 6.54 Å². The van der Waals surface area contributed by atoms with Gasteiger partial charge in [-0.1, -0.05) is 0 Å². The number of rotatable bonds is 2. The summed E-state index contributed by atoms with van der Waals surface area (Å²) in [6, 6.07) is 1.93. The molecule has 0 amide bonds. The Balaban J connectivity index is 2.38. The number of hydrogen-bond donors (Lipinski definition) is 0. The lowest BCUT2D eigenvalue weighted by molar-refractivity contribution is 0.620. The van der Waals surface area contributed by atoms with E-state index in [9.17, 15) is 4.79 Å². The van der Waals surface area contributed by atoms with Gasteiger partial charge in [-0.15, -0.1) is 0 Å². The summed E-state index contributed by atoms with van der Waals surface area (Å²) in [4.78, 5) is 11.4. The largest absolute Gasteiger partial charge is 0.351 e. The minimum Gasteiger partial charge on any atom is -0.351 e. The number of nitriles is 1. The first-order chi connectivity index (χ1) is 6.70. The molecule has 1 aromatic rings. The van der Waals surface area contributed by atoms with Crippen LogP contribution in [-0.4, -0.2) is 4.57 Å². The summed E-state index contributed by atoms with van der Waals surface area (Å²) in [5, 5.41) is 8.75. The van der Waals surface area contributed by atoms with Crippen LogP contribution in [0.1, 0.15) is 18.4 Å². The molecule has 4 heteroatoms. The lowest BCUT2D eigenvalue weighted by atomic mass is 10.3. The van der Waals surface area contributed by atoms with Gasteiger partial charge in [-0.05, 0) is 41.4 Å². The second-order valence-corrected chi connectivity index (χ2v) is 4.76. The molecule has 0 aromatic carbocycles. The maximum atomic E-state index is 11.4. The first-order valence-electron chi connectivity index (χ1n) is 4.50. The molecule has 1 aliphatic rings. The van der Waals surface area contributed by atoms with E-state index in [1.54, 1.807) is 6.20 Å². The Morgan fingerprint density at radius 3 is 2.86 bits per heavy atom.